The third-order valence-corrected chi connectivity index (χ3v) is 6.25. The zero-order valence-corrected chi connectivity index (χ0v) is 17.3. The van der Waals surface area contributed by atoms with Gasteiger partial charge in [0.2, 0.25) is 5.91 Å². The summed E-state index contributed by atoms with van der Waals surface area (Å²) in [5.74, 6) is 0.895. The molecule has 0 bridgehead atoms. The van der Waals surface area contributed by atoms with E-state index >= 15 is 0 Å². The van der Waals surface area contributed by atoms with Crippen molar-refractivity contribution in [3.05, 3.63) is 18.2 Å². The molecule has 2 fully saturated rings. The fourth-order valence-corrected chi connectivity index (χ4v) is 4.41. The van der Waals surface area contributed by atoms with Gasteiger partial charge in [-0.1, -0.05) is 0 Å². The Labute approximate surface area is 167 Å². The van der Waals surface area contributed by atoms with Crippen LogP contribution in [0.3, 0.4) is 0 Å². The molecule has 28 heavy (non-hydrogen) atoms. The second-order valence-corrected chi connectivity index (χ2v) is 8.21. The predicted octanol–water partition coefficient (Wildman–Crippen LogP) is 0.490. The van der Waals surface area contributed by atoms with Crippen molar-refractivity contribution in [2.24, 2.45) is 7.05 Å². The summed E-state index contributed by atoms with van der Waals surface area (Å²) in [6.07, 6.45) is 6.07. The molecule has 2 saturated heterocycles. The first-order valence-corrected chi connectivity index (χ1v) is 10.3. The van der Waals surface area contributed by atoms with E-state index in [0.29, 0.717) is 19.6 Å². The minimum atomic E-state index is -0.740. The number of hydrogen-bond donors (Lipinski definition) is 2. The Kier molecular flexibility index (Phi) is 6.75. The molecule has 2 aliphatic heterocycles. The molecule has 8 nitrogen and oxygen atoms in total. The number of carbonyl (C=O) groups excluding carboxylic acids is 1. The number of hydrogen-bond acceptors (Lipinski definition) is 6. The number of aromatic nitrogens is 2. The lowest BCUT2D eigenvalue weighted by molar-refractivity contribution is -0.208. The minimum absolute atomic E-state index is 0.0215. The molecule has 2 N–H and O–H groups in total. The van der Waals surface area contributed by atoms with Crippen LogP contribution in [0.15, 0.2) is 12.4 Å². The lowest BCUT2D eigenvalue weighted by Gasteiger charge is -2.53. The van der Waals surface area contributed by atoms with Crippen molar-refractivity contribution in [1.29, 1.82) is 0 Å². The Morgan fingerprint density at radius 1 is 1.43 bits per heavy atom. The maximum Gasteiger partial charge on any atom is 0.246 e. The number of carbonyl (C=O) groups is 1. The first-order chi connectivity index (χ1) is 13.4. The molecule has 2 aliphatic rings. The first-order valence-electron chi connectivity index (χ1n) is 10.3. The van der Waals surface area contributed by atoms with E-state index in [1.807, 2.05) is 33.3 Å². The van der Waals surface area contributed by atoms with Crippen LogP contribution in [0.2, 0.25) is 0 Å². The number of amides is 1. The zero-order chi connectivity index (χ0) is 20.2. The van der Waals surface area contributed by atoms with Gasteiger partial charge in [-0.15, -0.1) is 0 Å². The second kappa shape index (κ2) is 8.90. The Bertz CT molecular complexity index is 656. The van der Waals surface area contributed by atoms with E-state index in [4.69, 9.17) is 9.47 Å². The van der Waals surface area contributed by atoms with Crippen LogP contribution in [0, 0.1) is 0 Å². The van der Waals surface area contributed by atoms with Crippen LogP contribution >= 0.6 is 0 Å². The molecule has 0 unspecified atom stereocenters. The molecule has 2 atom stereocenters. The van der Waals surface area contributed by atoms with E-state index in [1.54, 1.807) is 0 Å². The quantitative estimate of drug-likeness (QED) is 0.700. The summed E-state index contributed by atoms with van der Waals surface area (Å²) >= 11 is 0. The molecule has 0 saturated carbocycles. The smallest absolute Gasteiger partial charge is 0.246 e. The van der Waals surface area contributed by atoms with Gasteiger partial charge < -0.3 is 29.4 Å². The average molecular weight is 395 g/mol. The van der Waals surface area contributed by atoms with E-state index in [-0.39, 0.29) is 12.5 Å². The first kappa shape index (κ1) is 21.2. The van der Waals surface area contributed by atoms with E-state index in [0.717, 1.165) is 44.7 Å². The summed E-state index contributed by atoms with van der Waals surface area (Å²) in [7, 11) is 2.01. The molecular weight excluding hydrogens is 360 g/mol. The van der Waals surface area contributed by atoms with Crippen molar-refractivity contribution >= 4 is 5.91 Å². The Hall–Kier alpha value is -1.48. The second-order valence-electron chi connectivity index (χ2n) is 8.21. The summed E-state index contributed by atoms with van der Waals surface area (Å²) in [4.78, 5) is 18.9. The summed E-state index contributed by atoms with van der Waals surface area (Å²) in [5.41, 5.74) is -1.28. The van der Waals surface area contributed by atoms with Gasteiger partial charge in [0.25, 0.3) is 0 Å². The van der Waals surface area contributed by atoms with E-state index in [9.17, 15) is 9.90 Å². The van der Waals surface area contributed by atoms with Crippen LogP contribution in [0.5, 0.6) is 0 Å². The van der Waals surface area contributed by atoms with Gasteiger partial charge in [-0.05, 0) is 33.1 Å². The summed E-state index contributed by atoms with van der Waals surface area (Å²) in [6.45, 7) is 7.50. The number of nitrogens with zero attached hydrogens (tertiary/aromatic N) is 3. The number of aliphatic hydroxyl groups is 1. The normalized spacial score (nSPS) is 27.8. The molecule has 8 heteroatoms. The number of nitrogens with one attached hydrogen (secondary N) is 1. The summed E-state index contributed by atoms with van der Waals surface area (Å²) < 4.78 is 13.4. The number of likely N-dealkylation sites (tertiary alicyclic amines) is 1. The number of imidazole rings is 1. The Morgan fingerprint density at radius 2 is 2.18 bits per heavy atom. The fourth-order valence-electron chi connectivity index (χ4n) is 4.41. The van der Waals surface area contributed by atoms with Gasteiger partial charge in [0.05, 0.1) is 11.1 Å². The van der Waals surface area contributed by atoms with Crippen molar-refractivity contribution < 1.29 is 19.4 Å². The highest BCUT2D eigenvalue weighted by Gasteiger charge is 2.53. The summed E-state index contributed by atoms with van der Waals surface area (Å²) in [6, 6.07) is 0. The van der Waals surface area contributed by atoms with Crippen molar-refractivity contribution in [3.63, 3.8) is 0 Å². The van der Waals surface area contributed by atoms with Crippen LogP contribution in [-0.2, 0) is 27.7 Å². The Balaban J connectivity index is 1.55. The molecule has 1 spiro atoms. The maximum atomic E-state index is 12.2. The summed E-state index contributed by atoms with van der Waals surface area (Å²) in [5, 5.41) is 14.2. The molecule has 3 heterocycles. The maximum absolute atomic E-state index is 12.2. The highest BCUT2D eigenvalue weighted by Crippen LogP contribution is 2.39. The van der Waals surface area contributed by atoms with Gasteiger partial charge in [-0.3, -0.25) is 4.79 Å². The molecule has 0 aliphatic carbocycles. The van der Waals surface area contributed by atoms with Gasteiger partial charge in [0.1, 0.15) is 18.5 Å². The lowest BCUT2D eigenvalue weighted by Crippen LogP contribution is -2.69. The molecule has 1 amide bonds. The zero-order valence-electron chi connectivity index (χ0n) is 17.3. The molecule has 158 valence electrons. The van der Waals surface area contributed by atoms with Gasteiger partial charge in [0, 0.05) is 58.7 Å². The molecule has 1 aromatic rings. The largest absolute Gasteiger partial charge is 0.388 e. The standard InChI is InChI=1S/C20H34N4O4/c1-4-27-15-17(25)22-19(2)8-14-28-20(18(19)26)6-11-24(12-7-20)10-5-16-21-9-13-23(16)3/h9,13,18,26H,4-8,10-12,14-15H2,1-3H3,(H,22,25)/t18-,19+/m1/s1. The van der Waals surface area contributed by atoms with Crippen molar-refractivity contribution in [2.45, 2.75) is 56.8 Å². The van der Waals surface area contributed by atoms with Crippen LogP contribution in [0.1, 0.15) is 38.9 Å². The highest BCUT2D eigenvalue weighted by molar-refractivity contribution is 5.78. The van der Waals surface area contributed by atoms with Crippen LogP contribution in [0.25, 0.3) is 0 Å². The van der Waals surface area contributed by atoms with Crippen molar-refractivity contribution in [1.82, 2.24) is 19.8 Å². The van der Waals surface area contributed by atoms with E-state index < -0.39 is 17.2 Å². The number of aliphatic hydroxyl groups excluding tert-OH is 1. The molecule has 3 rings (SSSR count). The number of piperidine rings is 1. The van der Waals surface area contributed by atoms with E-state index in [1.165, 1.54) is 0 Å². The monoisotopic (exact) mass is 394 g/mol. The lowest BCUT2D eigenvalue weighted by atomic mass is 9.73. The SMILES string of the molecule is CCOCC(=O)N[C@@]1(C)CCOC2(CCN(CCc3nccn3C)CC2)[C@@H]1O. The van der Waals surface area contributed by atoms with Gasteiger partial charge >= 0.3 is 0 Å². The predicted molar refractivity (Wildman–Crippen MR) is 105 cm³/mol. The van der Waals surface area contributed by atoms with Crippen LogP contribution in [0.4, 0.5) is 0 Å². The number of ether oxygens (including phenoxy) is 2. The van der Waals surface area contributed by atoms with Gasteiger partial charge in [0.15, 0.2) is 0 Å². The molecular formula is C20H34N4O4. The Morgan fingerprint density at radius 3 is 2.82 bits per heavy atom. The number of rotatable bonds is 7. The van der Waals surface area contributed by atoms with Crippen molar-refractivity contribution in [3.8, 4) is 0 Å². The molecule has 1 aromatic heterocycles. The van der Waals surface area contributed by atoms with Gasteiger partial charge in [-0.2, -0.15) is 0 Å². The third kappa shape index (κ3) is 4.56. The molecule has 0 radical (unpaired) electrons. The number of aryl methyl sites for hydroxylation is 1. The average Bonchev–Trinajstić information content (AvgIpc) is 3.09. The van der Waals surface area contributed by atoms with Crippen LogP contribution in [-0.4, -0.2) is 82.2 Å². The molecule has 0 aromatic carbocycles. The minimum Gasteiger partial charge on any atom is -0.388 e. The van der Waals surface area contributed by atoms with E-state index in [2.05, 4.69) is 19.8 Å². The van der Waals surface area contributed by atoms with Gasteiger partial charge in [-0.25, -0.2) is 4.98 Å². The fraction of sp³-hybridized carbons (Fsp3) is 0.800. The topological polar surface area (TPSA) is 88.9 Å². The van der Waals surface area contributed by atoms with Crippen LogP contribution < -0.4 is 5.32 Å². The van der Waals surface area contributed by atoms with Crippen molar-refractivity contribution in [2.75, 3.05) is 39.5 Å². The highest BCUT2D eigenvalue weighted by atomic mass is 16.5. The third-order valence-electron chi connectivity index (χ3n) is 6.25.